The van der Waals surface area contributed by atoms with Crippen LogP contribution < -0.4 is 4.90 Å². The van der Waals surface area contributed by atoms with Crippen molar-refractivity contribution in [2.75, 3.05) is 38.6 Å². The number of halogens is 1. The second-order valence-electron chi connectivity index (χ2n) is 5.50. The van der Waals surface area contributed by atoms with Gasteiger partial charge in [-0.1, -0.05) is 11.6 Å². The Hall–Kier alpha value is -0.730. The van der Waals surface area contributed by atoms with E-state index in [1.54, 1.807) is 0 Å². The number of benzene rings is 1. The SMILES string of the molecule is CN1CC2CCN(C)c3ccc(Cl)cc3[C@H]2C1. The lowest BCUT2D eigenvalue weighted by atomic mass is 9.87. The Morgan fingerprint density at radius 3 is 2.88 bits per heavy atom. The molecule has 0 aromatic heterocycles. The molecule has 2 heterocycles. The van der Waals surface area contributed by atoms with Crippen LogP contribution in [0.25, 0.3) is 0 Å². The molecule has 2 nitrogen and oxygen atoms in total. The van der Waals surface area contributed by atoms with E-state index in [2.05, 4.69) is 36.0 Å². The average Bonchev–Trinajstić information content (AvgIpc) is 2.62. The maximum Gasteiger partial charge on any atom is 0.0410 e. The maximum atomic E-state index is 6.17. The highest BCUT2D eigenvalue weighted by Gasteiger charge is 2.35. The largest absolute Gasteiger partial charge is 0.374 e. The van der Waals surface area contributed by atoms with Crippen LogP contribution in [0.4, 0.5) is 5.69 Å². The topological polar surface area (TPSA) is 6.48 Å². The van der Waals surface area contributed by atoms with E-state index in [1.807, 2.05) is 6.07 Å². The molecule has 3 heteroatoms. The summed E-state index contributed by atoms with van der Waals surface area (Å²) in [5.41, 5.74) is 2.82. The lowest BCUT2D eigenvalue weighted by Crippen LogP contribution is -2.21. The van der Waals surface area contributed by atoms with Crippen LogP contribution in [0.5, 0.6) is 0 Å². The van der Waals surface area contributed by atoms with Gasteiger partial charge in [-0.25, -0.2) is 0 Å². The zero-order valence-corrected chi connectivity index (χ0v) is 11.2. The predicted octanol–water partition coefficient (Wildman–Crippen LogP) is 2.83. The molecule has 0 spiro atoms. The van der Waals surface area contributed by atoms with Crippen molar-refractivity contribution in [2.45, 2.75) is 12.3 Å². The summed E-state index contributed by atoms with van der Waals surface area (Å²) in [5.74, 6) is 1.46. The highest BCUT2D eigenvalue weighted by atomic mass is 35.5. The molecule has 2 atom stereocenters. The van der Waals surface area contributed by atoms with Crippen molar-refractivity contribution in [1.82, 2.24) is 4.90 Å². The molecule has 1 fully saturated rings. The van der Waals surface area contributed by atoms with E-state index in [9.17, 15) is 0 Å². The van der Waals surface area contributed by atoms with E-state index in [4.69, 9.17) is 11.6 Å². The maximum absolute atomic E-state index is 6.17. The standard InChI is InChI=1S/C14H19ClN2/c1-16-8-10-5-6-17(2)14-4-3-11(15)7-12(14)13(10)9-16/h3-4,7,10,13H,5-6,8-9H2,1-2H3/t10?,13-/m0/s1. The summed E-state index contributed by atoms with van der Waals surface area (Å²) in [6.07, 6.45) is 1.29. The van der Waals surface area contributed by atoms with E-state index in [0.717, 1.165) is 17.5 Å². The molecule has 0 bridgehead atoms. The Balaban J connectivity index is 2.07. The average molecular weight is 251 g/mol. The summed E-state index contributed by atoms with van der Waals surface area (Å²) >= 11 is 6.17. The molecule has 2 aliphatic rings. The fourth-order valence-electron chi connectivity index (χ4n) is 3.38. The Morgan fingerprint density at radius 2 is 2.06 bits per heavy atom. The van der Waals surface area contributed by atoms with Crippen molar-refractivity contribution in [3.05, 3.63) is 28.8 Å². The molecular formula is C14H19ClN2. The van der Waals surface area contributed by atoms with E-state index in [1.165, 1.54) is 30.8 Å². The number of fused-ring (bicyclic) bond motifs is 3. The first-order chi connectivity index (χ1) is 8.15. The van der Waals surface area contributed by atoms with Crippen LogP contribution in [0.3, 0.4) is 0 Å². The zero-order valence-electron chi connectivity index (χ0n) is 10.5. The van der Waals surface area contributed by atoms with Crippen molar-refractivity contribution in [2.24, 2.45) is 5.92 Å². The number of anilines is 1. The first-order valence-electron chi connectivity index (χ1n) is 6.34. The van der Waals surface area contributed by atoms with Gasteiger partial charge in [0.15, 0.2) is 0 Å². The summed E-state index contributed by atoms with van der Waals surface area (Å²) in [6.45, 7) is 3.56. The molecule has 0 aliphatic carbocycles. The number of hydrogen-bond donors (Lipinski definition) is 0. The molecule has 0 amide bonds. The monoisotopic (exact) mass is 250 g/mol. The second-order valence-corrected chi connectivity index (χ2v) is 5.94. The van der Waals surface area contributed by atoms with Gasteiger partial charge in [-0.05, 0) is 43.1 Å². The number of rotatable bonds is 0. The van der Waals surface area contributed by atoms with Crippen LogP contribution in [0.15, 0.2) is 18.2 Å². The van der Waals surface area contributed by atoms with Crippen molar-refractivity contribution in [3.63, 3.8) is 0 Å². The molecule has 92 valence electrons. The van der Waals surface area contributed by atoms with Gasteiger partial charge in [0.05, 0.1) is 0 Å². The highest BCUT2D eigenvalue weighted by molar-refractivity contribution is 6.30. The molecule has 0 saturated carbocycles. The highest BCUT2D eigenvalue weighted by Crippen LogP contribution is 2.42. The lowest BCUT2D eigenvalue weighted by molar-refractivity contribution is 0.389. The quantitative estimate of drug-likeness (QED) is 0.699. The van der Waals surface area contributed by atoms with Gasteiger partial charge >= 0.3 is 0 Å². The van der Waals surface area contributed by atoms with E-state index in [0.29, 0.717) is 5.92 Å². The number of likely N-dealkylation sites (N-methyl/N-ethyl adjacent to an activating group) is 1. The van der Waals surface area contributed by atoms with Gasteiger partial charge in [0, 0.05) is 43.3 Å². The molecule has 1 aromatic rings. The fraction of sp³-hybridized carbons (Fsp3) is 0.571. The summed E-state index contributed by atoms with van der Waals surface area (Å²) in [7, 11) is 4.42. The third-order valence-corrected chi connectivity index (χ3v) is 4.49. The Bertz CT molecular complexity index is 432. The summed E-state index contributed by atoms with van der Waals surface area (Å²) in [4.78, 5) is 4.83. The molecule has 1 saturated heterocycles. The van der Waals surface area contributed by atoms with Gasteiger partial charge in [0.2, 0.25) is 0 Å². The van der Waals surface area contributed by atoms with Crippen LogP contribution in [0.1, 0.15) is 17.9 Å². The third-order valence-electron chi connectivity index (χ3n) is 4.26. The normalized spacial score (nSPS) is 28.8. The molecule has 0 radical (unpaired) electrons. The van der Waals surface area contributed by atoms with Crippen molar-refractivity contribution < 1.29 is 0 Å². The minimum absolute atomic E-state index is 0.665. The molecule has 2 aliphatic heterocycles. The first-order valence-corrected chi connectivity index (χ1v) is 6.72. The van der Waals surface area contributed by atoms with Gasteiger partial charge in [-0.15, -0.1) is 0 Å². The van der Waals surface area contributed by atoms with Crippen LogP contribution in [0, 0.1) is 5.92 Å². The summed E-state index contributed by atoms with van der Waals surface area (Å²) < 4.78 is 0. The van der Waals surface area contributed by atoms with Crippen molar-refractivity contribution >= 4 is 17.3 Å². The van der Waals surface area contributed by atoms with Crippen LogP contribution >= 0.6 is 11.6 Å². The Kier molecular flexibility index (Phi) is 2.80. The minimum atomic E-state index is 0.665. The first kappa shape index (κ1) is 11.4. The number of likely N-dealkylation sites (tertiary alicyclic amines) is 1. The van der Waals surface area contributed by atoms with Crippen LogP contribution in [-0.4, -0.2) is 38.6 Å². The number of hydrogen-bond acceptors (Lipinski definition) is 2. The van der Waals surface area contributed by atoms with Gasteiger partial charge in [0.25, 0.3) is 0 Å². The van der Waals surface area contributed by atoms with E-state index in [-0.39, 0.29) is 0 Å². The third kappa shape index (κ3) is 1.94. The fourth-order valence-corrected chi connectivity index (χ4v) is 3.56. The minimum Gasteiger partial charge on any atom is -0.374 e. The molecule has 0 N–H and O–H groups in total. The van der Waals surface area contributed by atoms with Gasteiger partial charge in [-0.2, -0.15) is 0 Å². The Labute approximate surface area is 108 Å². The predicted molar refractivity (Wildman–Crippen MR) is 73.1 cm³/mol. The number of nitrogens with zero attached hydrogens (tertiary/aromatic N) is 2. The molecule has 1 unspecified atom stereocenters. The molecular weight excluding hydrogens is 232 g/mol. The zero-order chi connectivity index (χ0) is 12.0. The van der Waals surface area contributed by atoms with Crippen molar-refractivity contribution in [3.8, 4) is 0 Å². The molecule has 3 rings (SSSR count). The summed E-state index contributed by atoms with van der Waals surface area (Å²) in [6, 6.07) is 6.36. The van der Waals surface area contributed by atoms with E-state index < -0.39 is 0 Å². The van der Waals surface area contributed by atoms with Crippen molar-refractivity contribution in [1.29, 1.82) is 0 Å². The van der Waals surface area contributed by atoms with Gasteiger partial charge in [0.1, 0.15) is 0 Å². The van der Waals surface area contributed by atoms with Crippen LogP contribution in [0.2, 0.25) is 5.02 Å². The summed E-state index contributed by atoms with van der Waals surface area (Å²) in [5, 5.41) is 0.868. The van der Waals surface area contributed by atoms with Gasteiger partial charge in [-0.3, -0.25) is 0 Å². The Morgan fingerprint density at radius 1 is 1.24 bits per heavy atom. The molecule has 17 heavy (non-hydrogen) atoms. The lowest BCUT2D eigenvalue weighted by Gasteiger charge is -2.21. The molecule has 1 aromatic carbocycles. The van der Waals surface area contributed by atoms with E-state index >= 15 is 0 Å². The van der Waals surface area contributed by atoms with Gasteiger partial charge < -0.3 is 9.80 Å². The smallest absolute Gasteiger partial charge is 0.0410 e. The van der Waals surface area contributed by atoms with Crippen LogP contribution in [-0.2, 0) is 0 Å². The second kappa shape index (κ2) is 4.18.